The number of carbonyl (C=O) groups is 1. The molecular weight excluding hydrogens is 248 g/mol. The van der Waals surface area contributed by atoms with Crippen LogP contribution in [0.15, 0.2) is 24.3 Å². The van der Waals surface area contributed by atoms with E-state index >= 15 is 0 Å². The molecule has 1 saturated heterocycles. The van der Waals surface area contributed by atoms with Crippen molar-refractivity contribution >= 4 is 17.5 Å². The van der Waals surface area contributed by atoms with Crippen molar-refractivity contribution in [2.75, 3.05) is 19.6 Å². The molecule has 98 valence electrons. The molecular formula is C14H19ClN2O. The highest BCUT2D eigenvalue weighted by Crippen LogP contribution is 2.35. The number of halogens is 1. The third-order valence-corrected chi connectivity index (χ3v) is 3.71. The quantitative estimate of drug-likeness (QED) is 0.909. The third-order valence-electron chi connectivity index (χ3n) is 3.36. The molecule has 0 bridgehead atoms. The average Bonchev–Trinajstić information content (AvgIpc) is 2.85. The molecule has 0 saturated carbocycles. The molecule has 0 spiro atoms. The monoisotopic (exact) mass is 266 g/mol. The number of benzene rings is 1. The number of amides is 1. The van der Waals surface area contributed by atoms with Crippen LogP contribution in [0.1, 0.15) is 31.4 Å². The van der Waals surface area contributed by atoms with Crippen LogP contribution in [0, 0.1) is 0 Å². The zero-order valence-electron chi connectivity index (χ0n) is 10.7. The van der Waals surface area contributed by atoms with E-state index in [-0.39, 0.29) is 11.9 Å². The van der Waals surface area contributed by atoms with E-state index in [1.165, 1.54) is 0 Å². The number of rotatable bonds is 4. The van der Waals surface area contributed by atoms with E-state index in [2.05, 4.69) is 5.32 Å². The molecule has 1 heterocycles. The summed E-state index contributed by atoms with van der Waals surface area (Å²) in [6.45, 7) is 4.07. The van der Waals surface area contributed by atoms with Crippen molar-refractivity contribution in [3.8, 4) is 0 Å². The summed E-state index contributed by atoms with van der Waals surface area (Å²) >= 11 is 6.23. The summed E-state index contributed by atoms with van der Waals surface area (Å²) in [5, 5.41) is 3.84. The average molecular weight is 267 g/mol. The highest BCUT2D eigenvalue weighted by molar-refractivity contribution is 6.31. The van der Waals surface area contributed by atoms with Gasteiger partial charge in [-0.25, -0.2) is 0 Å². The van der Waals surface area contributed by atoms with Gasteiger partial charge in [-0.3, -0.25) is 4.79 Å². The first-order valence-electron chi connectivity index (χ1n) is 6.48. The first kappa shape index (κ1) is 13.4. The Morgan fingerprint density at radius 3 is 3.00 bits per heavy atom. The molecule has 3 nitrogen and oxygen atoms in total. The smallest absolute Gasteiger partial charge is 0.237 e. The second kappa shape index (κ2) is 6.21. The lowest BCUT2D eigenvalue weighted by Crippen LogP contribution is -2.37. The second-order valence-corrected chi connectivity index (χ2v) is 4.95. The predicted molar refractivity (Wildman–Crippen MR) is 73.7 cm³/mol. The van der Waals surface area contributed by atoms with Gasteiger partial charge in [0.25, 0.3) is 0 Å². The Hall–Kier alpha value is -1.06. The van der Waals surface area contributed by atoms with Crippen LogP contribution >= 0.6 is 11.6 Å². The van der Waals surface area contributed by atoms with Gasteiger partial charge in [0.1, 0.15) is 0 Å². The molecule has 2 rings (SSSR count). The predicted octanol–water partition coefficient (Wildman–Crippen LogP) is 2.61. The summed E-state index contributed by atoms with van der Waals surface area (Å²) in [7, 11) is 0. The molecule has 1 aromatic carbocycles. The van der Waals surface area contributed by atoms with Gasteiger partial charge in [0.15, 0.2) is 0 Å². The normalized spacial score (nSPS) is 19.2. The van der Waals surface area contributed by atoms with Gasteiger partial charge in [-0.05, 0) is 31.0 Å². The molecule has 18 heavy (non-hydrogen) atoms. The van der Waals surface area contributed by atoms with E-state index in [1.54, 1.807) is 0 Å². The number of hydrogen-bond acceptors (Lipinski definition) is 2. The molecule has 0 aliphatic carbocycles. The van der Waals surface area contributed by atoms with Crippen LogP contribution in [-0.4, -0.2) is 30.4 Å². The van der Waals surface area contributed by atoms with Gasteiger partial charge in [-0.15, -0.1) is 0 Å². The Kier molecular flexibility index (Phi) is 4.61. The lowest BCUT2D eigenvalue weighted by Gasteiger charge is -2.26. The summed E-state index contributed by atoms with van der Waals surface area (Å²) in [5.74, 6) is 0.166. The zero-order valence-corrected chi connectivity index (χ0v) is 11.4. The molecule has 4 heteroatoms. The van der Waals surface area contributed by atoms with E-state index in [9.17, 15) is 4.79 Å². The number of nitrogens with zero attached hydrogens (tertiary/aromatic N) is 1. The van der Waals surface area contributed by atoms with Crippen molar-refractivity contribution in [1.29, 1.82) is 0 Å². The highest BCUT2D eigenvalue weighted by atomic mass is 35.5. The molecule has 1 fully saturated rings. The molecule has 1 aliphatic rings. The van der Waals surface area contributed by atoms with Gasteiger partial charge in [-0.2, -0.15) is 0 Å². The van der Waals surface area contributed by atoms with Crippen molar-refractivity contribution in [2.45, 2.75) is 25.8 Å². The van der Waals surface area contributed by atoms with Crippen LogP contribution in [0.2, 0.25) is 5.02 Å². The number of carbonyl (C=O) groups excluding carboxylic acids is 1. The van der Waals surface area contributed by atoms with E-state index in [4.69, 9.17) is 11.6 Å². The summed E-state index contributed by atoms with van der Waals surface area (Å²) in [6, 6.07) is 7.95. The Labute approximate surface area is 113 Å². The van der Waals surface area contributed by atoms with Crippen molar-refractivity contribution in [3.05, 3.63) is 34.9 Å². The molecule has 1 amide bonds. The van der Waals surface area contributed by atoms with Gasteiger partial charge >= 0.3 is 0 Å². The largest absolute Gasteiger partial charge is 0.334 e. The van der Waals surface area contributed by atoms with Gasteiger partial charge in [0.2, 0.25) is 5.91 Å². The van der Waals surface area contributed by atoms with E-state index in [0.717, 1.165) is 36.5 Å². The van der Waals surface area contributed by atoms with Crippen LogP contribution in [0.4, 0.5) is 0 Å². The Balaban J connectivity index is 2.12. The van der Waals surface area contributed by atoms with E-state index in [0.29, 0.717) is 6.54 Å². The fourth-order valence-corrected chi connectivity index (χ4v) is 2.73. The lowest BCUT2D eigenvalue weighted by molar-refractivity contribution is -0.131. The number of nitrogens with one attached hydrogen (secondary N) is 1. The van der Waals surface area contributed by atoms with Crippen LogP contribution in [0.3, 0.4) is 0 Å². The summed E-state index contributed by atoms with van der Waals surface area (Å²) in [5.41, 5.74) is 1.07. The lowest BCUT2D eigenvalue weighted by atomic mass is 10.0. The maximum Gasteiger partial charge on any atom is 0.237 e. The van der Waals surface area contributed by atoms with Crippen LogP contribution in [0.25, 0.3) is 0 Å². The maximum absolute atomic E-state index is 12.1. The van der Waals surface area contributed by atoms with Gasteiger partial charge in [0.05, 0.1) is 12.6 Å². The first-order valence-corrected chi connectivity index (χ1v) is 6.86. The number of likely N-dealkylation sites (N-methyl/N-ethyl adjacent to an activating group) is 1. The second-order valence-electron chi connectivity index (χ2n) is 4.55. The third kappa shape index (κ3) is 2.85. The van der Waals surface area contributed by atoms with Crippen LogP contribution < -0.4 is 5.32 Å². The molecule has 1 N–H and O–H groups in total. The van der Waals surface area contributed by atoms with Crippen LogP contribution in [0.5, 0.6) is 0 Å². The Bertz CT molecular complexity index is 422. The van der Waals surface area contributed by atoms with Crippen molar-refractivity contribution < 1.29 is 4.79 Å². The van der Waals surface area contributed by atoms with Crippen LogP contribution in [-0.2, 0) is 4.79 Å². The minimum atomic E-state index is 0.143. The summed E-state index contributed by atoms with van der Waals surface area (Å²) in [6.07, 6.45) is 2.05. The van der Waals surface area contributed by atoms with Crippen molar-refractivity contribution in [2.24, 2.45) is 0 Å². The first-order chi connectivity index (χ1) is 8.74. The molecule has 0 aromatic heterocycles. The van der Waals surface area contributed by atoms with E-state index in [1.807, 2.05) is 36.1 Å². The Morgan fingerprint density at radius 1 is 1.50 bits per heavy atom. The Morgan fingerprint density at radius 2 is 2.28 bits per heavy atom. The topological polar surface area (TPSA) is 32.3 Å². The fraction of sp³-hybridized carbons (Fsp3) is 0.500. The standard InChI is InChI=1S/C14H19ClN2O/c1-2-16-10-14(18)17-9-5-8-13(17)11-6-3-4-7-12(11)15/h3-4,6-7,13,16H,2,5,8-10H2,1H3. The van der Waals surface area contributed by atoms with Crippen molar-refractivity contribution in [3.63, 3.8) is 0 Å². The molecule has 1 unspecified atom stereocenters. The van der Waals surface area contributed by atoms with Gasteiger partial charge in [0, 0.05) is 11.6 Å². The van der Waals surface area contributed by atoms with Gasteiger partial charge in [-0.1, -0.05) is 36.7 Å². The maximum atomic E-state index is 12.1. The summed E-state index contributed by atoms with van der Waals surface area (Å²) < 4.78 is 0. The number of likely N-dealkylation sites (tertiary alicyclic amines) is 1. The van der Waals surface area contributed by atoms with E-state index < -0.39 is 0 Å². The molecule has 1 atom stereocenters. The number of hydrogen-bond donors (Lipinski definition) is 1. The molecule has 1 aromatic rings. The highest BCUT2D eigenvalue weighted by Gasteiger charge is 2.30. The SMILES string of the molecule is CCNCC(=O)N1CCCC1c1ccccc1Cl. The molecule has 1 aliphatic heterocycles. The fourth-order valence-electron chi connectivity index (χ4n) is 2.47. The zero-order chi connectivity index (χ0) is 13.0. The van der Waals surface area contributed by atoms with Crippen molar-refractivity contribution in [1.82, 2.24) is 10.2 Å². The summed E-state index contributed by atoms with van der Waals surface area (Å²) in [4.78, 5) is 14.1. The van der Waals surface area contributed by atoms with Gasteiger partial charge < -0.3 is 10.2 Å². The minimum Gasteiger partial charge on any atom is -0.334 e. The minimum absolute atomic E-state index is 0.143. The molecule has 0 radical (unpaired) electrons.